The van der Waals surface area contributed by atoms with Crippen molar-refractivity contribution in [1.29, 1.82) is 0 Å². The number of aromatic nitrogens is 5. The van der Waals surface area contributed by atoms with Gasteiger partial charge >= 0.3 is 6.09 Å². The highest BCUT2D eigenvalue weighted by Crippen LogP contribution is 2.33. The molecular formula is C28H28N6O2. The number of nitrogens with zero attached hydrogens (tertiary/aromatic N) is 6. The van der Waals surface area contributed by atoms with E-state index in [1.807, 2.05) is 61.3 Å². The second kappa shape index (κ2) is 7.91. The van der Waals surface area contributed by atoms with E-state index in [4.69, 9.17) is 14.7 Å². The Kier molecular flexibility index (Phi) is 4.90. The van der Waals surface area contributed by atoms with Crippen molar-refractivity contribution in [2.24, 2.45) is 7.05 Å². The molecule has 0 unspecified atom stereocenters. The highest BCUT2D eigenvalue weighted by atomic mass is 16.6. The highest BCUT2D eigenvalue weighted by molar-refractivity contribution is 5.92. The summed E-state index contributed by atoms with van der Waals surface area (Å²) in [5, 5.41) is 0.976. The monoisotopic (exact) mass is 480 g/mol. The molecule has 8 heteroatoms. The van der Waals surface area contributed by atoms with Crippen molar-refractivity contribution in [2.75, 3.05) is 0 Å². The molecule has 182 valence electrons. The standard InChI is InChI=1S/C28H28N6O2/c1-17-7-6-8-22-23(17)29-16-34(22)26-30-24(21-11-12-32(5)25(21)31-26)18-9-10-19-14-33(15-20(19)13-18)27(35)36-28(2,3)4/h6-13,16H,14-15H2,1-5H3. The Bertz CT molecular complexity index is 1660. The predicted octanol–water partition coefficient (Wildman–Crippen LogP) is 5.53. The lowest BCUT2D eigenvalue weighted by atomic mass is 10.0. The smallest absolute Gasteiger partial charge is 0.410 e. The molecule has 6 rings (SSSR count). The SMILES string of the molecule is Cc1cccc2c1ncn2-c1nc(-c2ccc3c(c2)CN(C(=O)OC(C)(C)C)C3)c2ccn(C)c2n1. The van der Waals surface area contributed by atoms with Crippen LogP contribution in [0.15, 0.2) is 55.0 Å². The molecule has 1 aliphatic heterocycles. The lowest BCUT2D eigenvalue weighted by Gasteiger charge is -2.24. The van der Waals surface area contributed by atoms with E-state index < -0.39 is 5.60 Å². The number of aryl methyl sites for hydroxylation is 2. The summed E-state index contributed by atoms with van der Waals surface area (Å²) < 4.78 is 9.53. The van der Waals surface area contributed by atoms with Crippen LogP contribution in [0.5, 0.6) is 0 Å². The first-order valence-corrected chi connectivity index (χ1v) is 12.0. The molecule has 0 N–H and O–H groups in total. The van der Waals surface area contributed by atoms with E-state index in [9.17, 15) is 4.79 Å². The topological polar surface area (TPSA) is 78.1 Å². The van der Waals surface area contributed by atoms with E-state index in [0.29, 0.717) is 19.0 Å². The molecule has 36 heavy (non-hydrogen) atoms. The van der Waals surface area contributed by atoms with Crippen LogP contribution in [0.2, 0.25) is 0 Å². The summed E-state index contributed by atoms with van der Waals surface area (Å²) in [5.41, 5.74) is 7.41. The Balaban J connectivity index is 1.43. The van der Waals surface area contributed by atoms with Crippen molar-refractivity contribution in [3.05, 3.63) is 71.7 Å². The summed E-state index contributed by atoms with van der Waals surface area (Å²) in [4.78, 5) is 28.9. The molecule has 0 saturated heterocycles. The van der Waals surface area contributed by atoms with Gasteiger partial charge in [-0.1, -0.05) is 24.3 Å². The van der Waals surface area contributed by atoms with Gasteiger partial charge in [-0.2, -0.15) is 4.98 Å². The molecule has 1 amide bonds. The van der Waals surface area contributed by atoms with Crippen molar-refractivity contribution in [1.82, 2.24) is 29.0 Å². The summed E-state index contributed by atoms with van der Waals surface area (Å²) in [6.45, 7) is 8.76. The normalized spacial score (nSPS) is 13.5. The number of benzene rings is 2. The molecular weight excluding hydrogens is 452 g/mol. The van der Waals surface area contributed by atoms with Crippen LogP contribution in [0.3, 0.4) is 0 Å². The van der Waals surface area contributed by atoms with Crippen molar-refractivity contribution in [3.63, 3.8) is 0 Å². The predicted molar refractivity (Wildman–Crippen MR) is 139 cm³/mol. The molecule has 8 nitrogen and oxygen atoms in total. The van der Waals surface area contributed by atoms with E-state index in [-0.39, 0.29) is 6.09 Å². The van der Waals surface area contributed by atoms with Gasteiger partial charge in [-0.25, -0.2) is 14.8 Å². The molecule has 0 saturated carbocycles. The van der Waals surface area contributed by atoms with E-state index in [1.165, 1.54) is 0 Å². The maximum atomic E-state index is 12.6. The van der Waals surface area contributed by atoms with Gasteiger partial charge in [-0.15, -0.1) is 0 Å². The average Bonchev–Trinajstić information content (AvgIpc) is 3.54. The van der Waals surface area contributed by atoms with Gasteiger partial charge in [0, 0.05) is 37.3 Å². The number of fused-ring (bicyclic) bond motifs is 3. The number of hydrogen-bond acceptors (Lipinski definition) is 5. The second-order valence-electron chi connectivity index (χ2n) is 10.4. The van der Waals surface area contributed by atoms with Gasteiger partial charge in [0.1, 0.15) is 17.6 Å². The van der Waals surface area contributed by atoms with Crippen LogP contribution in [0.4, 0.5) is 4.79 Å². The molecule has 0 aliphatic carbocycles. The number of ether oxygens (including phenoxy) is 1. The van der Waals surface area contributed by atoms with E-state index >= 15 is 0 Å². The van der Waals surface area contributed by atoms with Crippen LogP contribution in [0.25, 0.3) is 39.3 Å². The van der Waals surface area contributed by atoms with Gasteiger partial charge in [0.25, 0.3) is 0 Å². The zero-order chi connectivity index (χ0) is 25.2. The Morgan fingerprint density at radius 1 is 1.03 bits per heavy atom. The van der Waals surface area contributed by atoms with E-state index in [2.05, 4.69) is 36.2 Å². The van der Waals surface area contributed by atoms with Gasteiger partial charge in [-0.05, 0) is 62.6 Å². The Labute approximate surface area is 209 Å². The lowest BCUT2D eigenvalue weighted by molar-refractivity contribution is 0.0242. The zero-order valence-corrected chi connectivity index (χ0v) is 21.1. The van der Waals surface area contributed by atoms with Gasteiger partial charge in [-0.3, -0.25) is 9.47 Å². The quantitative estimate of drug-likeness (QED) is 0.332. The third-order valence-electron chi connectivity index (χ3n) is 6.56. The number of rotatable bonds is 2. The van der Waals surface area contributed by atoms with Gasteiger partial charge in [0.2, 0.25) is 5.95 Å². The third kappa shape index (κ3) is 3.69. The molecule has 1 aliphatic rings. The van der Waals surface area contributed by atoms with Crippen molar-refractivity contribution < 1.29 is 9.53 Å². The molecule has 5 aromatic rings. The summed E-state index contributed by atoms with van der Waals surface area (Å²) in [7, 11) is 1.99. The lowest BCUT2D eigenvalue weighted by Crippen LogP contribution is -2.33. The Morgan fingerprint density at radius 3 is 2.64 bits per heavy atom. The fourth-order valence-corrected chi connectivity index (χ4v) is 4.79. The zero-order valence-electron chi connectivity index (χ0n) is 21.1. The number of amides is 1. The minimum absolute atomic E-state index is 0.294. The molecule has 4 heterocycles. The van der Waals surface area contributed by atoms with Crippen LogP contribution >= 0.6 is 0 Å². The molecule has 3 aromatic heterocycles. The first-order chi connectivity index (χ1) is 17.2. The fourth-order valence-electron chi connectivity index (χ4n) is 4.79. The number of hydrogen-bond donors (Lipinski definition) is 0. The largest absolute Gasteiger partial charge is 0.444 e. The highest BCUT2D eigenvalue weighted by Gasteiger charge is 2.28. The van der Waals surface area contributed by atoms with Crippen LogP contribution < -0.4 is 0 Å². The Morgan fingerprint density at radius 2 is 1.83 bits per heavy atom. The van der Waals surface area contributed by atoms with Crippen LogP contribution in [0.1, 0.15) is 37.5 Å². The minimum atomic E-state index is -0.524. The average molecular weight is 481 g/mol. The van der Waals surface area contributed by atoms with Gasteiger partial charge in [0.05, 0.1) is 16.7 Å². The van der Waals surface area contributed by atoms with Gasteiger partial charge in [0.15, 0.2) is 0 Å². The molecule has 0 radical (unpaired) electrons. The van der Waals surface area contributed by atoms with E-state index in [1.54, 1.807) is 11.2 Å². The molecule has 2 aromatic carbocycles. The number of carbonyl (C=O) groups excluding carboxylic acids is 1. The third-order valence-corrected chi connectivity index (χ3v) is 6.56. The summed E-state index contributed by atoms with van der Waals surface area (Å²) in [6, 6.07) is 14.5. The Hall–Kier alpha value is -4.20. The first-order valence-electron chi connectivity index (χ1n) is 12.0. The maximum absolute atomic E-state index is 12.6. The van der Waals surface area contributed by atoms with Crippen molar-refractivity contribution in [3.8, 4) is 17.2 Å². The summed E-state index contributed by atoms with van der Waals surface area (Å²) >= 11 is 0. The number of carbonyl (C=O) groups is 1. The van der Waals surface area contributed by atoms with Crippen LogP contribution in [-0.2, 0) is 24.9 Å². The van der Waals surface area contributed by atoms with Crippen molar-refractivity contribution in [2.45, 2.75) is 46.4 Å². The minimum Gasteiger partial charge on any atom is -0.444 e. The number of para-hydroxylation sites is 1. The molecule has 0 fully saturated rings. The maximum Gasteiger partial charge on any atom is 0.410 e. The molecule has 0 atom stereocenters. The second-order valence-corrected chi connectivity index (χ2v) is 10.4. The van der Waals surface area contributed by atoms with E-state index in [0.717, 1.165) is 50.0 Å². The fraction of sp³-hybridized carbons (Fsp3) is 0.286. The van der Waals surface area contributed by atoms with Crippen molar-refractivity contribution >= 4 is 28.2 Å². The first kappa shape index (κ1) is 22.3. The summed E-state index contributed by atoms with van der Waals surface area (Å²) in [6.07, 6.45) is 3.49. The van der Waals surface area contributed by atoms with Crippen LogP contribution in [0, 0.1) is 6.92 Å². The summed E-state index contributed by atoms with van der Waals surface area (Å²) in [5.74, 6) is 0.572. The van der Waals surface area contributed by atoms with Crippen LogP contribution in [-0.4, -0.2) is 40.7 Å². The molecule has 0 spiro atoms. The molecule has 0 bridgehead atoms. The number of imidazole rings is 1. The van der Waals surface area contributed by atoms with Gasteiger partial charge < -0.3 is 9.30 Å².